The molecular weight excluding hydrogens is 210 g/mol. The Bertz CT molecular complexity index is 317. The molecular formula is C14H25N3. The molecule has 0 aliphatic rings. The lowest BCUT2D eigenvalue weighted by molar-refractivity contribution is 0.338. The molecule has 0 radical (unpaired) electrons. The Labute approximate surface area is 105 Å². The number of hydrogen-bond acceptors (Lipinski definition) is 3. The third kappa shape index (κ3) is 4.86. The zero-order valence-electron chi connectivity index (χ0n) is 11.4. The van der Waals surface area contributed by atoms with Gasteiger partial charge in [-0.05, 0) is 37.6 Å². The first-order chi connectivity index (χ1) is 8.02. The fourth-order valence-electron chi connectivity index (χ4n) is 1.94. The Morgan fingerprint density at radius 1 is 1.18 bits per heavy atom. The summed E-state index contributed by atoms with van der Waals surface area (Å²) in [5.41, 5.74) is 5.60. The first-order valence-corrected chi connectivity index (χ1v) is 6.22. The molecule has 0 aliphatic heterocycles. The van der Waals surface area contributed by atoms with Crippen LogP contribution in [0.25, 0.3) is 0 Å². The monoisotopic (exact) mass is 235 g/mol. The van der Waals surface area contributed by atoms with Crippen LogP contribution in [0.15, 0.2) is 24.3 Å². The van der Waals surface area contributed by atoms with E-state index in [1.807, 2.05) is 0 Å². The van der Waals surface area contributed by atoms with Crippen LogP contribution < -0.4 is 11.3 Å². The van der Waals surface area contributed by atoms with E-state index < -0.39 is 0 Å². The number of hydrogen-bond donors (Lipinski definition) is 2. The van der Waals surface area contributed by atoms with Gasteiger partial charge in [-0.3, -0.25) is 11.3 Å². The Morgan fingerprint density at radius 2 is 1.76 bits per heavy atom. The average Bonchev–Trinajstić information content (AvgIpc) is 2.28. The number of likely N-dealkylation sites (N-methyl/N-ethyl adjacent to an activating group) is 1. The van der Waals surface area contributed by atoms with E-state index >= 15 is 0 Å². The van der Waals surface area contributed by atoms with E-state index in [0.717, 1.165) is 13.0 Å². The highest BCUT2D eigenvalue weighted by Crippen LogP contribution is 2.15. The Morgan fingerprint density at radius 3 is 2.18 bits per heavy atom. The van der Waals surface area contributed by atoms with Crippen LogP contribution in [-0.2, 0) is 6.42 Å². The summed E-state index contributed by atoms with van der Waals surface area (Å²) in [5.74, 6) is 6.16. The van der Waals surface area contributed by atoms with Gasteiger partial charge in [0.2, 0.25) is 0 Å². The average molecular weight is 235 g/mol. The highest BCUT2D eigenvalue weighted by Gasteiger charge is 2.09. The molecule has 1 unspecified atom stereocenters. The molecule has 0 saturated heterocycles. The van der Waals surface area contributed by atoms with Gasteiger partial charge in [0.1, 0.15) is 0 Å². The second-order valence-electron chi connectivity index (χ2n) is 5.23. The van der Waals surface area contributed by atoms with Crippen molar-refractivity contribution in [2.24, 2.45) is 5.84 Å². The van der Waals surface area contributed by atoms with Crippen molar-refractivity contribution in [1.82, 2.24) is 10.3 Å². The summed E-state index contributed by atoms with van der Waals surface area (Å²) < 4.78 is 0. The van der Waals surface area contributed by atoms with Crippen molar-refractivity contribution < 1.29 is 0 Å². The first-order valence-electron chi connectivity index (χ1n) is 6.22. The quantitative estimate of drug-likeness (QED) is 0.583. The summed E-state index contributed by atoms with van der Waals surface area (Å²) >= 11 is 0. The van der Waals surface area contributed by atoms with Gasteiger partial charge >= 0.3 is 0 Å². The van der Waals surface area contributed by atoms with E-state index in [9.17, 15) is 0 Å². The molecule has 3 nitrogen and oxygen atoms in total. The maximum Gasteiger partial charge on any atom is 0.0377 e. The molecule has 0 fully saturated rings. The molecule has 3 N–H and O–H groups in total. The molecule has 0 saturated carbocycles. The van der Waals surface area contributed by atoms with E-state index in [-0.39, 0.29) is 0 Å². The van der Waals surface area contributed by atoms with Crippen LogP contribution in [0.5, 0.6) is 0 Å². The predicted molar refractivity (Wildman–Crippen MR) is 73.9 cm³/mol. The van der Waals surface area contributed by atoms with Gasteiger partial charge in [0.15, 0.2) is 0 Å². The van der Waals surface area contributed by atoms with E-state index in [0.29, 0.717) is 12.0 Å². The molecule has 0 heterocycles. The molecule has 0 spiro atoms. The minimum atomic E-state index is 0.301. The Balaban J connectivity index is 2.61. The van der Waals surface area contributed by atoms with Crippen molar-refractivity contribution in [3.8, 4) is 0 Å². The topological polar surface area (TPSA) is 41.3 Å². The predicted octanol–water partition coefficient (Wildman–Crippen LogP) is 1.75. The lowest BCUT2D eigenvalue weighted by Gasteiger charge is -2.20. The van der Waals surface area contributed by atoms with Gasteiger partial charge in [-0.25, -0.2) is 0 Å². The van der Waals surface area contributed by atoms with E-state index in [1.165, 1.54) is 11.1 Å². The smallest absolute Gasteiger partial charge is 0.0377 e. The number of nitrogens with two attached hydrogens (primary N) is 1. The lowest BCUT2D eigenvalue weighted by Crippen LogP contribution is -2.43. The molecule has 1 rings (SSSR count). The second kappa shape index (κ2) is 6.74. The minimum absolute atomic E-state index is 0.301. The van der Waals surface area contributed by atoms with Crippen molar-refractivity contribution in [2.45, 2.75) is 32.2 Å². The van der Waals surface area contributed by atoms with Crippen molar-refractivity contribution in [3.63, 3.8) is 0 Å². The molecule has 0 aliphatic carbocycles. The molecule has 17 heavy (non-hydrogen) atoms. The zero-order chi connectivity index (χ0) is 12.8. The summed E-state index contributed by atoms with van der Waals surface area (Å²) in [6.07, 6.45) is 0.965. The molecule has 0 bridgehead atoms. The van der Waals surface area contributed by atoms with Crippen LogP contribution in [0.3, 0.4) is 0 Å². The molecule has 1 aromatic carbocycles. The van der Waals surface area contributed by atoms with Crippen molar-refractivity contribution in [1.29, 1.82) is 0 Å². The summed E-state index contributed by atoms with van der Waals surface area (Å²) in [5, 5.41) is 0. The van der Waals surface area contributed by atoms with Crippen molar-refractivity contribution in [2.75, 3.05) is 20.6 Å². The molecule has 1 aromatic rings. The van der Waals surface area contributed by atoms with Crippen LogP contribution in [0.2, 0.25) is 0 Å². The number of hydrazine groups is 1. The van der Waals surface area contributed by atoms with Crippen LogP contribution >= 0.6 is 0 Å². The largest absolute Gasteiger partial charge is 0.308 e. The lowest BCUT2D eigenvalue weighted by atomic mass is 9.99. The van der Waals surface area contributed by atoms with Crippen LogP contribution in [0.4, 0.5) is 0 Å². The van der Waals surface area contributed by atoms with Crippen molar-refractivity contribution >= 4 is 0 Å². The molecule has 0 amide bonds. The van der Waals surface area contributed by atoms with Gasteiger partial charge in [0.05, 0.1) is 0 Å². The standard InChI is InChI=1S/C14H25N3/c1-11(2)13-7-5-12(6-8-13)9-14(16-15)10-17(3)4/h5-8,11,14,16H,9-10,15H2,1-4H3. The number of nitrogens with one attached hydrogen (secondary N) is 1. The first kappa shape index (κ1) is 14.2. The summed E-state index contributed by atoms with van der Waals surface area (Å²) in [7, 11) is 4.12. The van der Waals surface area contributed by atoms with E-state index in [2.05, 4.69) is 62.5 Å². The minimum Gasteiger partial charge on any atom is -0.308 e. The number of rotatable bonds is 6. The second-order valence-corrected chi connectivity index (χ2v) is 5.23. The van der Waals surface area contributed by atoms with Crippen LogP contribution in [0, 0.1) is 0 Å². The third-order valence-corrected chi connectivity index (χ3v) is 2.95. The van der Waals surface area contributed by atoms with Gasteiger partial charge in [-0.1, -0.05) is 38.1 Å². The summed E-state index contributed by atoms with van der Waals surface area (Å²) in [4.78, 5) is 2.15. The SMILES string of the molecule is CC(C)c1ccc(CC(CN(C)C)NN)cc1. The highest BCUT2D eigenvalue weighted by molar-refractivity contribution is 5.25. The molecule has 1 atom stereocenters. The van der Waals surface area contributed by atoms with Gasteiger partial charge in [-0.2, -0.15) is 0 Å². The third-order valence-electron chi connectivity index (χ3n) is 2.95. The van der Waals surface area contributed by atoms with Crippen LogP contribution in [-0.4, -0.2) is 31.6 Å². The number of benzene rings is 1. The molecule has 96 valence electrons. The normalized spacial score (nSPS) is 13.4. The van der Waals surface area contributed by atoms with Gasteiger partial charge in [0.25, 0.3) is 0 Å². The molecule has 3 heteroatoms. The van der Waals surface area contributed by atoms with Gasteiger partial charge in [-0.15, -0.1) is 0 Å². The Kier molecular flexibility index (Phi) is 5.62. The molecule has 0 aromatic heterocycles. The highest BCUT2D eigenvalue weighted by atomic mass is 15.3. The van der Waals surface area contributed by atoms with Crippen molar-refractivity contribution in [3.05, 3.63) is 35.4 Å². The Hall–Kier alpha value is -0.900. The maximum atomic E-state index is 5.57. The van der Waals surface area contributed by atoms with E-state index in [4.69, 9.17) is 5.84 Å². The zero-order valence-corrected chi connectivity index (χ0v) is 11.4. The fourth-order valence-corrected chi connectivity index (χ4v) is 1.94. The maximum absolute atomic E-state index is 5.57. The number of nitrogens with zero attached hydrogens (tertiary/aromatic N) is 1. The van der Waals surface area contributed by atoms with Gasteiger partial charge < -0.3 is 4.90 Å². The summed E-state index contributed by atoms with van der Waals surface area (Å²) in [6, 6.07) is 9.13. The van der Waals surface area contributed by atoms with Crippen LogP contribution in [0.1, 0.15) is 30.9 Å². The van der Waals surface area contributed by atoms with E-state index in [1.54, 1.807) is 0 Å². The fraction of sp³-hybridized carbons (Fsp3) is 0.571. The summed E-state index contributed by atoms with van der Waals surface area (Å²) in [6.45, 7) is 5.37. The van der Waals surface area contributed by atoms with Gasteiger partial charge in [0, 0.05) is 12.6 Å².